The molecule has 1 N–H and O–H groups in total. The quantitative estimate of drug-likeness (QED) is 0.313. The molecule has 2 aliphatic heterocycles. The number of halogens is 1. The number of hydrogen-bond donors (Lipinski definition) is 1. The van der Waals surface area contributed by atoms with E-state index in [9.17, 15) is 0 Å². The van der Waals surface area contributed by atoms with E-state index in [-0.39, 0.29) is 21.6 Å². The molecule has 1 aliphatic carbocycles. The van der Waals surface area contributed by atoms with Crippen molar-refractivity contribution in [3.8, 4) is 0 Å². The summed E-state index contributed by atoms with van der Waals surface area (Å²) < 4.78 is 14.2. The van der Waals surface area contributed by atoms with Crippen molar-refractivity contribution >= 4 is 17.3 Å². The second kappa shape index (κ2) is 9.21. The molecule has 2 aromatic heterocycles. The van der Waals surface area contributed by atoms with E-state index in [1.54, 1.807) is 0 Å². The van der Waals surface area contributed by atoms with Crippen molar-refractivity contribution in [3.05, 3.63) is 41.2 Å². The van der Waals surface area contributed by atoms with Gasteiger partial charge in [-0.25, -0.2) is 0 Å². The van der Waals surface area contributed by atoms with Gasteiger partial charge in [-0.3, -0.25) is 0 Å². The number of rotatable bonds is 5. The summed E-state index contributed by atoms with van der Waals surface area (Å²) >= 11 is -0.129. The van der Waals surface area contributed by atoms with Crippen LogP contribution in [0.4, 0.5) is 11.6 Å². The summed E-state index contributed by atoms with van der Waals surface area (Å²) in [7, 11) is 0. The predicted molar refractivity (Wildman–Crippen MR) is 112 cm³/mol. The van der Waals surface area contributed by atoms with Gasteiger partial charge in [0.15, 0.2) is 0 Å². The van der Waals surface area contributed by atoms with E-state index in [1.807, 2.05) is 4.52 Å². The second-order valence-corrected chi connectivity index (χ2v) is 9.70. The second-order valence-electron chi connectivity index (χ2n) is 7.77. The van der Waals surface area contributed by atoms with Gasteiger partial charge in [-0.2, -0.15) is 0 Å². The van der Waals surface area contributed by atoms with Gasteiger partial charge in [-0.15, -0.1) is 0 Å². The van der Waals surface area contributed by atoms with Gasteiger partial charge in [0.2, 0.25) is 0 Å². The zero-order valence-corrected chi connectivity index (χ0v) is 19.5. The van der Waals surface area contributed by atoms with Crippen LogP contribution in [0.1, 0.15) is 18.5 Å². The molecule has 162 valence electrons. The molecule has 0 amide bonds. The van der Waals surface area contributed by atoms with Crippen LogP contribution >= 0.6 is 0 Å². The Hall–Kier alpha value is -1.69. The van der Waals surface area contributed by atoms with Crippen molar-refractivity contribution in [1.82, 2.24) is 19.5 Å². The van der Waals surface area contributed by atoms with Gasteiger partial charge in [0.1, 0.15) is 0 Å². The number of aromatic nitrogens is 3. The monoisotopic (exact) mass is 523 g/mol. The molecule has 0 radical (unpaired) electrons. The number of morpholine rings is 1. The molecule has 3 aliphatic rings. The van der Waals surface area contributed by atoms with Gasteiger partial charge in [0.05, 0.1) is 13.2 Å². The molecule has 0 bridgehead atoms. The average Bonchev–Trinajstić information content (AvgIpc) is 3.11. The van der Waals surface area contributed by atoms with Crippen molar-refractivity contribution in [1.29, 1.82) is 0 Å². The van der Waals surface area contributed by atoms with Gasteiger partial charge >= 0.3 is 170 Å². The molecular formula is C21H28IN6O2-. The molecular weight excluding hydrogens is 495 g/mol. The number of allylic oxidation sites excluding steroid dienone is 2. The summed E-state index contributed by atoms with van der Waals surface area (Å²) in [5.41, 5.74) is 4.50. The van der Waals surface area contributed by atoms with E-state index >= 15 is 0 Å². The molecule has 2 aromatic rings. The average molecular weight is 523 g/mol. The van der Waals surface area contributed by atoms with Crippen molar-refractivity contribution in [2.24, 2.45) is 0 Å². The number of alkyl halides is 1. The van der Waals surface area contributed by atoms with Crippen molar-refractivity contribution < 1.29 is 29.4 Å². The molecule has 0 aromatic carbocycles. The van der Waals surface area contributed by atoms with E-state index in [0.717, 1.165) is 86.4 Å². The van der Waals surface area contributed by atoms with Crippen LogP contribution in [0.2, 0.25) is 0 Å². The van der Waals surface area contributed by atoms with Crippen molar-refractivity contribution in [3.63, 3.8) is 0 Å². The van der Waals surface area contributed by atoms with Crippen LogP contribution in [0, 0.1) is 6.92 Å². The molecule has 4 heterocycles. The zero-order chi connectivity index (χ0) is 20.3. The normalized spacial score (nSPS) is 21.2. The number of nitrogens with zero attached hydrogens (tertiary/aromatic N) is 5. The van der Waals surface area contributed by atoms with E-state index in [0.29, 0.717) is 0 Å². The summed E-state index contributed by atoms with van der Waals surface area (Å²) in [4.78, 5) is 9.53. The number of fused-ring (bicyclic) bond motifs is 1. The number of ether oxygens (including phenoxy) is 1. The number of hydrogen-bond acceptors (Lipinski definition) is 7. The van der Waals surface area contributed by atoms with Gasteiger partial charge < -0.3 is 4.74 Å². The third kappa shape index (κ3) is 4.34. The maximum absolute atomic E-state index is 5.61. The maximum atomic E-state index is 5.61. The molecule has 8 nitrogen and oxygen atoms in total. The number of imidazole rings is 1. The molecule has 0 saturated carbocycles. The summed E-state index contributed by atoms with van der Waals surface area (Å²) in [5, 5.41) is 8.64. The Bertz CT molecular complexity index is 960. The van der Waals surface area contributed by atoms with Crippen molar-refractivity contribution in [2.45, 2.75) is 19.8 Å². The first kappa shape index (κ1) is 20.2. The molecule has 0 unspecified atom stereocenters. The SMILES string of the molecule is Cc1nc2ccc(N3CCOCC3)nn2c1NC1=C(CN2CCO[I-]C2)C=CCC1. The van der Waals surface area contributed by atoms with Gasteiger partial charge in [0.25, 0.3) is 0 Å². The molecule has 5 rings (SSSR count). The van der Waals surface area contributed by atoms with Gasteiger partial charge in [0, 0.05) is 0 Å². The van der Waals surface area contributed by atoms with Gasteiger partial charge in [-0.1, -0.05) is 0 Å². The molecule has 30 heavy (non-hydrogen) atoms. The van der Waals surface area contributed by atoms with Gasteiger partial charge in [-0.05, 0) is 0 Å². The topological polar surface area (TPSA) is 67.2 Å². The molecule has 2 saturated heterocycles. The Morgan fingerprint density at radius 1 is 1.17 bits per heavy atom. The molecule has 9 heteroatoms. The Morgan fingerprint density at radius 2 is 2.07 bits per heavy atom. The van der Waals surface area contributed by atoms with E-state index in [4.69, 9.17) is 17.9 Å². The first-order chi connectivity index (χ1) is 14.8. The number of nitrogens with one attached hydrogen (secondary N) is 1. The fourth-order valence-electron chi connectivity index (χ4n) is 4.03. The van der Waals surface area contributed by atoms with Crippen LogP contribution in [0.25, 0.3) is 5.65 Å². The summed E-state index contributed by atoms with van der Waals surface area (Å²) in [6.07, 6.45) is 6.64. The summed E-state index contributed by atoms with van der Waals surface area (Å²) in [5.74, 6) is 1.94. The summed E-state index contributed by atoms with van der Waals surface area (Å²) in [6.45, 7) is 8.16. The fourth-order valence-corrected chi connectivity index (χ4v) is 5.71. The third-order valence-corrected chi connectivity index (χ3v) is 7.81. The minimum absolute atomic E-state index is 0.129. The van der Waals surface area contributed by atoms with E-state index < -0.39 is 0 Å². The first-order valence-electron chi connectivity index (χ1n) is 10.6. The molecule has 0 spiro atoms. The minimum atomic E-state index is -0.129. The Labute approximate surface area is 187 Å². The fraction of sp³-hybridized carbons (Fsp3) is 0.524. The molecule has 2 fully saturated rings. The van der Waals surface area contributed by atoms with Crippen LogP contribution in [0.3, 0.4) is 0 Å². The van der Waals surface area contributed by atoms with Crippen LogP contribution in [-0.2, 0) is 7.80 Å². The van der Waals surface area contributed by atoms with Crippen LogP contribution in [0.5, 0.6) is 0 Å². The standard InChI is InChI=1S/C21H28IN6O2/c1-16-21(24-18-5-3-2-4-17(18)14-26-8-13-30-22-15-26)28-19(23-16)6-7-20(25-28)27-9-11-29-12-10-27/h2,4,6-7,24H,3,5,8-15H2,1H3/q-1. The van der Waals surface area contributed by atoms with Crippen LogP contribution in [0.15, 0.2) is 35.6 Å². The predicted octanol–water partition coefficient (Wildman–Crippen LogP) is -0.816. The number of anilines is 2. The van der Waals surface area contributed by atoms with Crippen molar-refractivity contribution in [2.75, 3.05) is 60.8 Å². The van der Waals surface area contributed by atoms with E-state index in [1.165, 1.54) is 11.3 Å². The Balaban J connectivity index is 1.43. The Kier molecular flexibility index (Phi) is 6.21. The zero-order valence-electron chi connectivity index (χ0n) is 17.3. The van der Waals surface area contributed by atoms with Crippen LogP contribution < -0.4 is 31.8 Å². The third-order valence-electron chi connectivity index (χ3n) is 5.68. The molecule has 0 atom stereocenters. The van der Waals surface area contributed by atoms with E-state index in [2.05, 4.69) is 46.3 Å². The summed E-state index contributed by atoms with van der Waals surface area (Å²) in [6, 6.07) is 4.12. The first-order valence-corrected chi connectivity index (χ1v) is 13.0. The number of aryl methyl sites for hydroxylation is 1. The van der Waals surface area contributed by atoms with Crippen LogP contribution in [-0.4, -0.2) is 70.0 Å². The Morgan fingerprint density at radius 3 is 2.90 bits per heavy atom.